The maximum absolute atomic E-state index is 12.7. The van der Waals surface area contributed by atoms with Gasteiger partial charge < -0.3 is 15.2 Å². The SMILES string of the molecule is CCCCN1C[C@@H](NC(=O)N(CC)CC)C=C2c3cccc4[nH]cc(c34)C[C@H]21. The second kappa shape index (κ2) is 8.00. The van der Waals surface area contributed by atoms with Crippen molar-refractivity contribution in [2.24, 2.45) is 0 Å². The lowest BCUT2D eigenvalue weighted by Gasteiger charge is -2.42. The molecular formula is C23H32N4O. The van der Waals surface area contributed by atoms with E-state index in [4.69, 9.17) is 0 Å². The largest absolute Gasteiger partial charge is 0.361 e. The number of benzene rings is 1. The Kier molecular flexibility index (Phi) is 5.44. The van der Waals surface area contributed by atoms with Gasteiger partial charge in [0.15, 0.2) is 0 Å². The molecule has 2 aromatic rings. The predicted molar refractivity (Wildman–Crippen MR) is 115 cm³/mol. The number of unbranched alkanes of at least 4 members (excludes halogenated alkanes) is 1. The maximum atomic E-state index is 12.7. The van der Waals surface area contributed by atoms with Crippen LogP contribution in [0.25, 0.3) is 16.5 Å². The molecule has 4 rings (SSSR count). The number of aromatic amines is 1. The highest BCUT2D eigenvalue weighted by Gasteiger charge is 2.35. The number of nitrogens with zero attached hydrogens (tertiary/aromatic N) is 2. The van der Waals surface area contributed by atoms with Crippen LogP contribution in [-0.4, -0.2) is 59.1 Å². The molecule has 0 spiro atoms. The molecule has 0 saturated heterocycles. The smallest absolute Gasteiger partial charge is 0.317 e. The molecule has 2 amide bonds. The summed E-state index contributed by atoms with van der Waals surface area (Å²) in [4.78, 5) is 20.5. The molecule has 0 saturated carbocycles. The predicted octanol–water partition coefficient (Wildman–Crippen LogP) is 4.01. The summed E-state index contributed by atoms with van der Waals surface area (Å²) in [5, 5.41) is 4.63. The number of aromatic nitrogens is 1. The Labute approximate surface area is 167 Å². The first-order valence-corrected chi connectivity index (χ1v) is 10.8. The molecule has 1 aliphatic carbocycles. The van der Waals surface area contributed by atoms with Crippen LogP contribution in [0.15, 0.2) is 30.5 Å². The molecule has 0 bridgehead atoms. The van der Waals surface area contributed by atoms with Gasteiger partial charge in [-0.2, -0.15) is 0 Å². The molecule has 0 unspecified atom stereocenters. The van der Waals surface area contributed by atoms with E-state index >= 15 is 0 Å². The molecule has 1 aromatic heterocycles. The molecule has 28 heavy (non-hydrogen) atoms. The third kappa shape index (κ3) is 3.32. The fraction of sp³-hybridized carbons (Fsp3) is 0.522. The Morgan fingerprint density at radius 3 is 2.86 bits per heavy atom. The number of nitrogens with one attached hydrogen (secondary N) is 2. The Bertz CT molecular complexity index is 880. The lowest BCUT2D eigenvalue weighted by Crippen LogP contribution is -2.54. The van der Waals surface area contributed by atoms with Gasteiger partial charge in [-0.05, 0) is 56.0 Å². The molecule has 2 aliphatic rings. The van der Waals surface area contributed by atoms with E-state index in [-0.39, 0.29) is 12.1 Å². The topological polar surface area (TPSA) is 51.4 Å². The first-order valence-electron chi connectivity index (χ1n) is 10.8. The van der Waals surface area contributed by atoms with Crippen LogP contribution in [0.5, 0.6) is 0 Å². The fourth-order valence-corrected chi connectivity index (χ4v) is 4.79. The lowest BCUT2D eigenvalue weighted by molar-refractivity contribution is 0.182. The molecule has 5 nitrogen and oxygen atoms in total. The Balaban J connectivity index is 1.69. The molecule has 2 heterocycles. The van der Waals surface area contributed by atoms with Gasteiger partial charge in [0.25, 0.3) is 0 Å². The number of fused-ring (bicyclic) bond motifs is 2. The van der Waals surface area contributed by atoms with Gasteiger partial charge in [0, 0.05) is 42.8 Å². The maximum Gasteiger partial charge on any atom is 0.317 e. The third-order valence-corrected chi connectivity index (χ3v) is 6.28. The van der Waals surface area contributed by atoms with E-state index in [9.17, 15) is 4.79 Å². The first-order chi connectivity index (χ1) is 13.7. The van der Waals surface area contributed by atoms with Gasteiger partial charge in [-0.1, -0.05) is 31.6 Å². The summed E-state index contributed by atoms with van der Waals surface area (Å²) in [5.41, 5.74) is 5.33. The third-order valence-electron chi connectivity index (χ3n) is 6.28. The van der Waals surface area contributed by atoms with Gasteiger partial charge in [0.1, 0.15) is 0 Å². The number of carbonyl (C=O) groups excluding carboxylic acids is 1. The highest BCUT2D eigenvalue weighted by atomic mass is 16.2. The number of rotatable bonds is 6. The Morgan fingerprint density at radius 1 is 1.29 bits per heavy atom. The average Bonchev–Trinajstić information content (AvgIpc) is 3.12. The quantitative estimate of drug-likeness (QED) is 0.795. The fourth-order valence-electron chi connectivity index (χ4n) is 4.79. The summed E-state index contributed by atoms with van der Waals surface area (Å²) in [6.45, 7) is 9.73. The summed E-state index contributed by atoms with van der Waals surface area (Å²) in [6.07, 6.45) is 7.91. The van der Waals surface area contributed by atoms with Crippen molar-refractivity contribution in [2.75, 3.05) is 26.2 Å². The molecule has 2 N–H and O–H groups in total. The summed E-state index contributed by atoms with van der Waals surface area (Å²) >= 11 is 0. The number of hydrogen-bond donors (Lipinski definition) is 2. The van der Waals surface area contributed by atoms with Crippen molar-refractivity contribution in [3.63, 3.8) is 0 Å². The Hall–Kier alpha value is -2.27. The van der Waals surface area contributed by atoms with Crippen LogP contribution in [0, 0.1) is 0 Å². The molecule has 150 valence electrons. The number of hydrogen-bond acceptors (Lipinski definition) is 2. The first kappa shape index (κ1) is 19.1. The van der Waals surface area contributed by atoms with E-state index in [2.05, 4.69) is 52.6 Å². The van der Waals surface area contributed by atoms with Crippen LogP contribution in [0.1, 0.15) is 44.7 Å². The molecule has 0 fully saturated rings. The van der Waals surface area contributed by atoms with E-state index in [1.54, 1.807) is 0 Å². The van der Waals surface area contributed by atoms with E-state index in [1.807, 2.05) is 18.7 Å². The zero-order valence-corrected chi connectivity index (χ0v) is 17.3. The molecule has 1 aromatic carbocycles. The second-order valence-electron chi connectivity index (χ2n) is 7.96. The van der Waals surface area contributed by atoms with Crippen molar-refractivity contribution in [1.29, 1.82) is 0 Å². The summed E-state index contributed by atoms with van der Waals surface area (Å²) < 4.78 is 0. The number of amides is 2. The van der Waals surface area contributed by atoms with Crippen molar-refractivity contribution in [1.82, 2.24) is 20.1 Å². The minimum absolute atomic E-state index is 0.0390. The normalized spacial score (nSPS) is 21.3. The van der Waals surface area contributed by atoms with Gasteiger partial charge in [0.05, 0.1) is 6.04 Å². The highest BCUT2D eigenvalue weighted by molar-refractivity contribution is 5.98. The summed E-state index contributed by atoms with van der Waals surface area (Å²) in [5.74, 6) is 0. The number of urea groups is 1. The molecule has 5 heteroatoms. The van der Waals surface area contributed by atoms with Gasteiger partial charge >= 0.3 is 6.03 Å². The van der Waals surface area contributed by atoms with Crippen LogP contribution in [0.4, 0.5) is 4.79 Å². The average molecular weight is 381 g/mol. The standard InChI is InChI=1S/C23H32N4O/c1-4-7-11-27-15-17(25-23(28)26(5-2)6-3)13-19-18-9-8-10-20-22(18)16(14-24-20)12-21(19)27/h8-10,13-14,17,21,24H,4-7,11-12,15H2,1-3H3,(H,25,28)/t17-,21+/m0/s1. The van der Waals surface area contributed by atoms with Gasteiger partial charge in [-0.25, -0.2) is 4.79 Å². The monoisotopic (exact) mass is 380 g/mol. The van der Waals surface area contributed by atoms with Crippen LogP contribution in [-0.2, 0) is 6.42 Å². The summed E-state index contributed by atoms with van der Waals surface area (Å²) in [6, 6.07) is 7.02. The van der Waals surface area contributed by atoms with E-state index in [1.165, 1.54) is 40.4 Å². The van der Waals surface area contributed by atoms with Crippen LogP contribution in [0.3, 0.4) is 0 Å². The number of H-pyrrole nitrogens is 1. The zero-order chi connectivity index (χ0) is 19.7. The second-order valence-corrected chi connectivity index (χ2v) is 7.96. The van der Waals surface area contributed by atoms with Crippen LogP contribution >= 0.6 is 0 Å². The Morgan fingerprint density at radius 2 is 2.11 bits per heavy atom. The molecule has 2 atom stereocenters. The minimum atomic E-state index is 0.0390. The van der Waals surface area contributed by atoms with E-state index in [0.717, 1.165) is 32.6 Å². The van der Waals surface area contributed by atoms with E-state index < -0.39 is 0 Å². The van der Waals surface area contributed by atoms with Crippen molar-refractivity contribution in [3.05, 3.63) is 41.6 Å². The van der Waals surface area contributed by atoms with Gasteiger partial charge in [0.2, 0.25) is 0 Å². The van der Waals surface area contributed by atoms with Crippen molar-refractivity contribution < 1.29 is 4.79 Å². The van der Waals surface area contributed by atoms with Crippen molar-refractivity contribution >= 4 is 22.5 Å². The zero-order valence-electron chi connectivity index (χ0n) is 17.3. The minimum Gasteiger partial charge on any atom is -0.361 e. The molecular weight excluding hydrogens is 348 g/mol. The van der Waals surface area contributed by atoms with Gasteiger partial charge in [-0.15, -0.1) is 0 Å². The van der Waals surface area contributed by atoms with Crippen LogP contribution in [0.2, 0.25) is 0 Å². The molecule has 0 radical (unpaired) electrons. The van der Waals surface area contributed by atoms with Crippen molar-refractivity contribution in [2.45, 2.75) is 52.1 Å². The van der Waals surface area contributed by atoms with Gasteiger partial charge in [-0.3, -0.25) is 4.90 Å². The number of carbonyl (C=O) groups is 1. The van der Waals surface area contributed by atoms with Crippen LogP contribution < -0.4 is 5.32 Å². The van der Waals surface area contributed by atoms with Crippen molar-refractivity contribution in [3.8, 4) is 0 Å². The highest BCUT2D eigenvalue weighted by Crippen LogP contribution is 2.40. The van der Waals surface area contributed by atoms with E-state index in [0.29, 0.717) is 6.04 Å². The summed E-state index contributed by atoms with van der Waals surface area (Å²) in [7, 11) is 0. The molecule has 1 aliphatic heterocycles. The lowest BCUT2D eigenvalue weighted by atomic mass is 9.81.